The molecule has 2 aromatic rings. The molecule has 0 unspecified atom stereocenters. The second-order valence-electron chi connectivity index (χ2n) is 4.87. The van der Waals surface area contributed by atoms with Crippen molar-refractivity contribution in [2.75, 3.05) is 19.5 Å². The summed E-state index contributed by atoms with van der Waals surface area (Å²) in [5, 5.41) is 4.12. The highest BCUT2D eigenvalue weighted by Gasteiger charge is 2.00. The van der Waals surface area contributed by atoms with Crippen LogP contribution < -0.4 is 5.43 Å². The Morgan fingerprint density at radius 3 is 2.60 bits per heavy atom. The van der Waals surface area contributed by atoms with Crippen LogP contribution in [0.25, 0.3) is 0 Å². The van der Waals surface area contributed by atoms with Gasteiger partial charge in [0.15, 0.2) is 0 Å². The third kappa shape index (κ3) is 4.48. The van der Waals surface area contributed by atoms with Gasteiger partial charge < -0.3 is 4.90 Å². The number of hydrogen-bond acceptors (Lipinski definition) is 3. The summed E-state index contributed by atoms with van der Waals surface area (Å²) < 4.78 is 13.5. The summed E-state index contributed by atoms with van der Waals surface area (Å²) in [4.78, 5) is 2.00. The molecule has 2 aromatic carbocycles. The van der Waals surface area contributed by atoms with Crippen LogP contribution in [0.3, 0.4) is 0 Å². The third-order valence-corrected chi connectivity index (χ3v) is 2.66. The van der Waals surface area contributed by atoms with Crippen LogP contribution in [0.1, 0.15) is 11.1 Å². The third-order valence-electron chi connectivity index (χ3n) is 2.66. The maximum Gasteiger partial charge on any atom is 0.124 e. The minimum absolute atomic E-state index is 0.245. The van der Waals surface area contributed by atoms with Crippen LogP contribution in [-0.4, -0.2) is 25.2 Å². The summed E-state index contributed by atoms with van der Waals surface area (Å²) in [6.45, 7) is 0.699. The molecule has 1 N–H and O–H groups in total. The van der Waals surface area contributed by atoms with E-state index in [2.05, 4.69) is 10.5 Å². The molecule has 104 valence electrons. The van der Waals surface area contributed by atoms with E-state index in [1.54, 1.807) is 12.3 Å². The van der Waals surface area contributed by atoms with Crippen molar-refractivity contribution < 1.29 is 4.39 Å². The van der Waals surface area contributed by atoms with Crippen LogP contribution in [0, 0.1) is 5.82 Å². The van der Waals surface area contributed by atoms with Gasteiger partial charge in [-0.3, -0.25) is 5.43 Å². The van der Waals surface area contributed by atoms with Crippen molar-refractivity contribution in [1.29, 1.82) is 0 Å². The highest BCUT2D eigenvalue weighted by molar-refractivity contribution is 5.80. The van der Waals surface area contributed by atoms with E-state index in [0.29, 0.717) is 6.54 Å². The van der Waals surface area contributed by atoms with Crippen LogP contribution >= 0.6 is 0 Å². The highest BCUT2D eigenvalue weighted by atomic mass is 19.1. The zero-order valence-electron chi connectivity index (χ0n) is 11.7. The van der Waals surface area contributed by atoms with E-state index in [1.807, 2.05) is 55.4 Å². The number of rotatable bonds is 5. The van der Waals surface area contributed by atoms with Gasteiger partial charge in [-0.2, -0.15) is 5.10 Å². The van der Waals surface area contributed by atoms with E-state index >= 15 is 0 Å². The molecule has 0 spiro atoms. The lowest BCUT2D eigenvalue weighted by Crippen LogP contribution is -2.11. The first-order chi connectivity index (χ1) is 9.63. The summed E-state index contributed by atoms with van der Waals surface area (Å²) in [7, 11) is 3.91. The van der Waals surface area contributed by atoms with Gasteiger partial charge in [-0.1, -0.05) is 18.2 Å². The molecule has 0 amide bonds. The predicted octanol–water partition coefficient (Wildman–Crippen LogP) is 3.33. The first kappa shape index (κ1) is 14.2. The first-order valence-electron chi connectivity index (χ1n) is 6.42. The molecule has 0 atom stereocenters. The lowest BCUT2D eigenvalue weighted by atomic mass is 10.1. The molecule has 3 nitrogen and oxygen atoms in total. The lowest BCUT2D eigenvalue weighted by molar-refractivity contribution is 0.401. The SMILES string of the molecule is CN(C)Cc1cc(F)cc(C=NNc2ccccc2)c1. The van der Waals surface area contributed by atoms with Gasteiger partial charge in [0.1, 0.15) is 5.82 Å². The fraction of sp³-hybridized carbons (Fsp3) is 0.188. The normalized spacial score (nSPS) is 11.2. The number of halogens is 1. The van der Waals surface area contributed by atoms with Crippen molar-refractivity contribution in [3.63, 3.8) is 0 Å². The van der Waals surface area contributed by atoms with E-state index < -0.39 is 0 Å². The molecule has 0 bridgehead atoms. The highest BCUT2D eigenvalue weighted by Crippen LogP contribution is 2.10. The van der Waals surface area contributed by atoms with Gasteiger partial charge in [-0.15, -0.1) is 0 Å². The number of nitrogens with one attached hydrogen (secondary N) is 1. The molecule has 0 radical (unpaired) electrons. The zero-order valence-corrected chi connectivity index (χ0v) is 11.7. The minimum atomic E-state index is -0.245. The Balaban J connectivity index is 2.07. The van der Waals surface area contributed by atoms with Crippen LogP contribution in [-0.2, 0) is 6.54 Å². The van der Waals surface area contributed by atoms with Crippen molar-refractivity contribution in [2.24, 2.45) is 5.10 Å². The van der Waals surface area contributed by atoms with E-state index in [-0.39, 0.29) is 5.82 Å². The Kier molecular flexibility index (Phi) is 4.85. The molecular formula is C16H18FN3. The maximum absolute atomic E-state index is 13.5. The van der Waals surface area contributed by atoms with Gasteiger partial charge in [0, 0.05) is 6.54 Å². The van der Waals surface area contributed by atoms with Crippen LogP contribution in [0.2, 0.25) is 0 Å². The van der Waals surface area contributed by atoms with Gasteiger partial charge in [-0.05, 0) is 55.6 Å². The van der Waals surface area contributed by atoms with Gasteiger partial charge in [-0.25, -0.2) is 4.39 Å². The summed E-state index contributed by atoms with van der Waals surface area (Å²) >= 11 is 0. The average Bonchev–Trinajstić information content (AvgIpc) is 2.38. The first-order valence-corrected chi connectivity index (χ1v) is 6.42. The lowest BCUT2D eigenvalue weighted by Gasteiger charge is -2.10. The Bertz CT molecular complexity index is 580. The summed E-state index contributed by atoms with van der Waals surface area (Å²) in [6.07, 6.45) is 1.62. The van der Waals surface area contributed by atoms with Crippen molar-refractivity contribution in [2.45, 2.75) is 6.54 Å². The molecule has 0 saturated carbocycles. The largest absolute Gasteiger partial charge is 0.305 e. The second-order valence-corrected chi connectivity index (χ2v) is 4.87. The quantitative estimate of drug-likeness (QED) is 0.667. The van der Waals surface area contributed by atoms with E-state index in [1.165, 1.54) is 6.07 Å². The Morgan fingerprint density at radius 2 is 1.90 bits per heavy atom. The van der Waals surface area contributed by atoms with Crippen molar-refractivity contribution in [3.8, 4) is 0 Å². The van der Waals surface area contributed by atoms with E-state index in [4.69, 9.17) is 0 Å². The Hall–Kier alpha value is -2.20. The monoisotopic (exact) mass is 271 g/mol. The van der Waals surface area contributed by atoms with Crippen LogP contribution in [0.15, 0.2) is 53.6 Å². The molecule has 0 aliphatic heterocycles. The Morgan fingerprint density at radius 1 is 1.15 bits per heavy atom. The number of benzene rings is 2. The standard InChI is InChI=1S/C16H18FN3/c1-20(2)12-14-8-13(9-15(17)10-14)11-18-19-16-6-4-3-5-7-16/h3-11,19H,12H2,1-2H3. The van der Waals surface area contributed by atoms with Gasteiger partial charge in [0.05, 0.1) is 11.9 Å². The number of para-hydroxylation sites is 1. The molecule has 2 rings (SSSR count). The molecule has 4 heteroatoms. The smallest absolute Gasteiger partial charge is 0.124 e. The predicted molar refractivity (Wildman–Crippen MR) is 81.4 cm³/mol. The molecule has 0 heterocycles. The molecule has 0 aliphatic rings. The van der Waals surface area contributed by atoms with Crippen molar-refractivity contribution in [1.82, 2.24) is 4.90 Å². The van der Waals surface area contributed by atoms with Gasteiger partial charge in [0.25, 0.3) is 0 Å². The van der Waals surface area contributed by atoms with E-state index in [0.717, 1.165) is 16.8 Å². The fourth-order valence-electron chi connectivity index (χ4n) is 1.90. The molecule has 0 aliphatic carbocycles. The number of anilines is 1. The Labute approximate surface area is 118 Å². The maximum atomic E-state index is 13.5. The molecular weight excluding hydrogens is 253 g/mol. The molecule has 0 fully saturated rings. The fourth-order valence-corrected chi connectivity index (χ4v) is 1.90. The number of hydrazone groups is 1. The number of nitrogens with zero attached hydrogens (tertiary/aromatic N) is 2. The number of hydrogen-bond donors (Lipinski definition) is 1. The van der Waals surface area contributed by atoms with Crippen molar-refractivity contribution >= 4 is 11.9 Å². The molecule has 0 aromatic heterocycles. The van der Waals surface area contributed by atoms with Gasteiger partial charge >= 0.3 is 0 Å². The summed E-state index contributed by atoms with van der Waals surface area (Å²) in [5.41, 5.74) is 5.47. The average molecular weight is 271 g/mol. The molecule has 0 saturated heterocycles. The second kappa shape index (κ2) is 6.82. The van der Waals surface area contributed by atoms with Crippen LogP contribution in [0.4, 0.5) is 10.1 Å². The summed E-state index contributed by atoms with van der Waals surface area (Å²) in [6, 6.07) is 14.6. The van der Waals surface area contributed by atoms with Crippen molar-refractivity contribution in [3.05, 3.63) is 65.5 Å². The van der Waals surface area contributed by atoms with Gasteiger partial charge in [0.2, 0.25) is 0 Å². The van der Waals surface area contributed by atoms with Crippen LogP contribution in [0.5, 0.6) is 0 Å². The zero-order chi connectivity index (χ0) is 14.4. The topological polar surface area (TPSA) is 27.6 Å². The van der Waals surface area contributed by atoms with E-state index in [9.17, 15) is 4.39 Å². The minimum Gasteiger partial charge on any atom is -0.305 e. The summed E-state index contributed by atoms with van der Waals surface area (Å²) in [5.74, 6) is -0.245. The molecule has 20 heavy (non-hydrogen) atoms.